The van der Waals surface area contributed by atoms with Gasteiger partial charge in [0.25, 0.3) is 5.91 Å². The Labute approximate surface area is 159 Å². The highest BCUT2D eigenvalue weighted by atomic mass is 16.5. The number of amides is 1. The molecule has 0 bridgehead atoms. The number of phenolic OH excluding ortho intramolecular Hbond substituents is 1. The van der Waals surface area contributed by atoms with Gasteiger partial charge in [-0.2, -0.15) is 0 Å². The Morgan fingerprint density at radius 1 is 1.04 bits per heavy atom. The summed E-state index contributed by atoms with van der Waals surface area (Å²) < 4.78 is 5.29. The highest BCUT2D eigenvalue weighted by molar-refractivity contribution is 5.94. The molecule has 1 aliphatic rings. The number of carbonyl (C=O) groups excluding carboxylic acids is 2. The van der Waals surface area contributed by atoms with E-state index in [1.807, 2.05) is 25.1 Å². The van der Waals surface area contributed by atoms with Crippen LogP contribution in [0.25, 0.3) is 0 Å². The van der Waals surface area contributed by atoms with Crippen molar-refractivity contribution >= 4 is 17.6 Å². The van der Waals surface area contributed by atoms with Gasteiger partial charge in [-0.3, -0.25) is 4.79 Å². The molecule has 0 aliphatic carbocycles. The maximum absolute atomic E-state index is 12.6. The molecular formula is C21H24N2O4. The van der Waals surface area contributed by atoms with Crippen molar-refractivity contribution in [1.82, 2.24) is 4.90 Å². The Morgan fingerprint density at radius 2 is 1.70 bits per heavy atom. The zero-order valence-corrected chi connectivity index (χ0v) is 15.6. The van der Waals surface area contributed by atoms with Crippen molar-refractivity contribution in [1.29, 1.82) is 0 Å². The maximum Gasteiger partial charge on any atom is 0.342 e. The number of hydrogen-bond donors (Lipinski definition) is 1. The molecule has 1 aliphatic heterocycles. The van der Waals surface area contributed by atoms with Crippen LogP contribution in [-0.2, 0) is 9.53 Å². The van der Waals surface area contributed by atoms with E-state index in [9.17, 15) is 14.7 Å². The third kappa shape index (κ3) is 4.39. The number of rotatable bonds is 4. The first kappa shape index (κ1) is 18.8. The van der Waals surface area contributed by atoms with Crippen molar-refractivity contribution in [2.24, 2.45) is 0 Å². The molecular weight excluding hydrogens is 344 g/mol. The van der Waals surface area contributed by atoms with Crippen LogP contribution >= 0.6 is 0 Å². The van der Waals surface area contributed by atoms with Gasteiger partial charge in [0.2, 0.25) is 0 Å². The van der Waals surface area contributed by atoms with Gasteiger partial charge in [-0.15, -0.1) is 0 Å². The molecule has 0 unspecified atom stereocenters. The summed E-state index contributed by atoms with van der Waals surface area (Å²) in [6, 6.07) is 14.8. The second kappa shape index (κ2) is 8.12. The van der Waals surface area contributed by atoms with Gasteiger partial charge in [0, 0.05) is 31.9 Å². The number of piperazine rings is 1. The van der Waals surface area contributed by atoms with Gasteiger partial charge in [0.1, 0.15) is 11.3 Å². The number of para-hydroxylation sites is 1. The van der Waals surface area contributed by atoms with Crippen LogP contribution in [0.2, 0.25) is 0 Å². The molecule has 1 saturated heterocycles. The average Bonchev–Trinajstić information content (AvgIpc) is 2.70. The molecule has 0 radical (unpaired) electrons. The lowest BCUT2D eigenvalue weighted by atomic mass is 10.1. The van der Waals surface area contributed by atoms with Crippen molar-refractivity contribution in [3.8, 4) is 5.75 Å². The molecule has 3 rings (SSSR count). The number of nitrogens with zero attached hydrogens (tertiary/aromatic N) is 2. The quantitative estimate of drug-likeness (QED) is 0.840. The molecule has 6 nitrogen and oxygen atoms in total. The van der Waals surface area contributed by atoms with Crippen LogP contribution in [0.5, 0.6) is 5.75 Å². The van der Waals surface area contributed by atoms with Crippen LogP contribution in [0.4, 0.5) is 5.69 Å². The summed E-state index contributed by atoms with van der Waals surface area (Å²) in [5.74, 6) is -1.06. The van der Waals surface area contributed by atoms with Crippen LogP contribution < -0.4 is 4.90 Å². The van der Waals surface area contributed by atoms with Crippen molar-refractivity contribution < 1.29 is 19.4 Å². The average molecular weight is 368 g/mol. The molecule has 1 atom stereocenters. The van der Waals surface area contributed by atoms with Gasteiger partial charge < -0.3 is 19.6 Å². The number of esters is 1. The summed E-state index contributed by atoms with van der Waals surface area (Å²) >= 11 is 0. The molecule has 2 aromatic carbocycles. The fourth-order valence-corrected chi connectivity index (χ4v) is 3.17. The van der Waals surface area contributed by atoms with E-state index >= 15 is 0 Å². The number of anilines is 1. The molecule has 6 heteroatoms. The second-order valence-corrected chi connectivity index (χ2v) is 6.72. The molecule has 1 N–H and O–H groups in total. The van der Waals surface area contributed by atoms with Crippen LogP contribution in [0.3, 0.4) is 0 Å². The number of ether oxygens (including phenoxy) is 1. The molecule has 1 heterocycles. The lowest BCUT2D eigenvalue weighted by Crippen LogP contribution is -2.51. The van der Waals surface area contributed by atoms with Gasteiger partial charge in [-0.25, -0.2) is 4.79 Å². The molecule has 0 saturated carbocycles. The van der Waals surface area contributed by atoms with Crippen molar-refractivity contribution in [2.45, 2.75) is 20.0 Å². The Morgan fingerprint density at radius 3 is 2.37 bits per heavy atom. The number of phenols is 1. The van der Waals surface area contributed by atoms with E-state index in [1.165, 1.54) is 6.07 Å². The Balaban J connectivity index is 1.56. The minimum Gasteiger partial charge on any atom is -0.507 e. The summed E-state index contributed by atoms with van der Waals surface area (Å²) in [7, 11) is 0. The Hall–Kier alpha value is -3.02. The SMILES string of the molecule is Cc1ccc(O)c(C(=O)O[C@H](C)C(=O)N2CCN(c3ccccc3)CC2)c1. The molecule has 0 aromatic heterocycles. The Kier molecular flexibility index (Phi) is 5.64. The van der Waals surface area contributed by atoms with Gasteiger partial charge >= 0.3 is 5.97 Å². The topological polar surface area (TPSA) is 70.1 Å². The van der Waals surface area contributed by atoms with E-state index in [0.717, 1.165) is 24.3 Å². The molecule has 1 amide bonds. The van der Waals surface area contributed by atoms with Gasteiger partial charge in [-0.1, -0.05) is 29.8 Å². The van der Waals surface area contributed by atoms with E-state index in [0.29, 0.717) is 13.1 Å². The molecule has 27 heavy (non-hydrogen) atoms. The third-order valence-corrected chi connectivity index (χ3v) is 4.72. The van der Waals surface area contributed by atoms with Gasteiger partial charge in [0.15, 0.2) is 6.10 Å². The van der Waals surface area contributed by atoms with Crippen molar-refractivity contribution in [3.05, 3.63) is 59.7 Å². The normalized spacial score (nSPS) is 15.3. The van der Waals surface area contributed by atoms with Crippen molar-refractivity contribution in [3.63, 3.8) is 0 Å². The predicted molar refractivity (Wildman–Crippen MR) is 103 cm³/mol. The monoisotopic (exact) mass is 368 g/mol. The smallest absolute Gasteiger partial charge is 0.342 e. The summed E-state index contributed by atoms with van der Waals surface area (Å²) in [4.78, 5) is 28.9. The number of aromatic hydroxyl groups is 1. The summed E-state index contributed by atoms with van der Waals surface area (Å²) in [6.07, 6.45) is -0.902. The van der Waals surface area contributed by atoms with E-state index < -0.39 is 12.1 Å². The van der Waals surface area contributed by atoms with Crippen molar-refractivity contribution in [2.75, 3.05) is 31.1 Å². The summed E-state index contributed by atoms with van der Waals surface area (Å²) in [6.45, 7) is 5.99. The first-order chi connectivity index (χ1) is 13.0. The van der Waals surface area contributed by atoms with E-state index in [4.69, 9.17) is 4.74 Å². The lowest BCUT2D eigenvalue weighted by Gasteiger charge is -2.37. The number of hydrogen-bond acceptors (Lipinski definition) is 5. The maximum atomic E-state index is 12.6. The molecule has 1 fully saturated rings. The molecule has 0 spiro atoms. The fourth-order valence-electron chi connectivity index (χ4n) is 3.17. The van der Waals surface area contributed by atoms with Crippen LogP contribution in [0, 0.1) is 6.92 Å². The zero-order valence-electron chi connectivity index (χ0n) is 15.6. The minimum atomic E-state index is -0.902. The van der Waals surface area contributed by atoms with Crippen LogP contribution in [0.15, 0.2) is 48.5 Å². The predicted octanol–water partition coefficient (Wildman–Crippen LogP) is 2.59. The minimum absolute atomic E-state index is 0.0727. The van der Waals surface area contributed by atoms with E-state index in [-0.39, 0.29) is 17.2 Å². The highest BCUT2D eigenvalue weighted by Crippen LogP contribution is 2.20. The lowest BCUT2D eigenvalue weighted by molar-refractivity contribution is -0.140. The first-order valence-corrected chi connectivity index (χ1v) is 9.05. The molecule has 142 valence electrons. The standard InChI is InChI=1S/C21H24N2O4/c1-15-8-9-19(24)18(14-15)21(26)27-16(2)20(25)23-12-10-22(11-13-23)17-6-4-3-5-7-17/h3-9,14,16,24H,10-13H2,1-2H3/t16-/m1/s1. The molecule has 2 aromatic rings. The van der Waals surface area contributed by atoms with Crippen LogP contribution in [0.1, 0.15) is 22.8 Å². The number of carbonyl (C=O) groups is 2. The van der Waals surface area contributed by atoms with E-state index in [1.54, 1.807) is 24.0 Å². The summed E-state index contributed by atoms with van der Waals surface area (Å²) in [5, 5.41) is 9.84. The largest absolute Gasteiger partial charge is 0.507 e. The van der Waals surface area contributed by atoms with Crippen LogP contribution in [-0.4, -0.2) is 54.2 Å². The number of benzene rings is 2. The zero-order chi connectivity index (χ0) is 19.4. The van der Waals surface area contributed by atoms with E-state index in [2.05, 4.69) is 17.0 Å². The third-order valence-electron chi connectivity index (χ3n) is 4.72. The Bertz CT molecular complexity index is 814. The highest BCUT2D eigenvalue weighted by Gasteiger charge is 2.28. The second-order valence-electron chi connectivity index (χ2n) is 6.72. The fraction of sp³-hybridized carbons (Fsp3) is 0.333. The van der Waals surface area contributed by atoms with Gasteiger partial charge in [-0.05, 0) is 38.1 Å². The number of aryl methyl sites for hydroxylation is 1. The van der Waals surface area contributed by atoms with Gasteiger partial charge in [0.05, 0.1) is 0 Å². The summed E-state index contributed by atoms with van der Waals surface area (Å²) in [5.41, 5.74) is 2.04. The first-order valence-electron chi connectivity index (χ1n) is 9.05.